The predicted molar refractivity (Wildman–Crippen MR) is 107 cm³/mol. The molecule has 2 rings (SSSR count). The summed E-state index contributed by atoms with van der Waals surface area (Å²) in [6, 6.07) is 8.22. The Labute approximate surface area is 157 Å². The van der Waals surface area contributed by atoms with Crippen LogP contribution in [0.4, 0.5) is 0 Å². The van der Waals surface area contributed by atoms with Crippen molar-refractivity contribution in [2.24, 2.45) is 10.9 Å². The van der Waals surface area contributed by atoms with E-state index >= 15 is 0 Å². The molecule has 144 valence electrons. The number of hydrogen-bond donors (Lipinski definition) is 2. The Hall–Kier alpha value is -2.08. The van der Waals surface area contributed by atoms with Crippen LogP contribution in [0.25, 0.3) is 0 Å². The highest BCUT2D eigenvalue weighted by Crippen LogP contribution is 2.34. The van der Waals surface area contributed by atoms with E-state index in [1.54, 1.807) is 19.0 Å². The third-order valence-electron chi connectivity index (χ3n) is 4.68. The van der Waals surface area contributed by atoms with E-state index < -0.39 is 0 Å². The maximum atomic E-state index is 11.9. The van der Waals surface area contributed by atoms with Gasteiger partial charge in [0.15, 0.2) is 5.96 Å². The fraction of sp³-hybridized carbons (Fsp3) is 0.600. The lowest BCUT2D eigenvalue weighted by Crippen LogP contribution is -2.46. The average molecular weight is 360 g/mol. The second-order valence-corrected chi connectivity index (χ2v) is 7.34. The third kappa shape index (κ3) is 6.02. The summed E-state index contributed by atoms with van der Waals surface area (Å²) < 4.78 is 0. The molecule has 0 radical (unpaired) electrons. The number of amides is 1. The van der Waals surface area contributed by atoms with E-state index in [4.69, 9.17) is 0 Å². The number of benzene rings is 1. The van der Waals surface area contributed by atoms with Crippen LogP contribution in [0.1, 0.15) is 35.7 Å². The van der Waals surface area contributed by atoms with E-state index in [2.05, 4.69) is 41.5 Å². The van der Waals surface area contributed by atoms with Gasteiger partial charge in [-0.05, 0) is 57.5 Å². The summed E-state index contributed by atoms with van der Waals surface area (Å²) in [7, 11) is 7.81. The molecule has 1 aromatic carbocycles. The highest BCUT2D eigenvalue weighted by molar-refractivity contribution is 5.93. The van der Waals surface area contributed by atoms with Gasteiger partial charge in [-0.3, -0.25) is 4.79 Å². The van der Waals surface area contributed by atoms with Crippen LogP contribution in [0.2, 0.25) is 0 Å². The maximum absolute atomic E-state index is 11.9. The van der Waals surface area contributed by atoms with Crippen molar-refractivity contribution < 1.29 is 4.79 Å². The third-order valence-corrected chi connectivity index (χ3v) is 4.68. The molecule has 1 saturated carbocycles. The van der Waals surface area contributed by atoms with E-state index in [9.17, 15) is 4.79 Å². The Kier molecular flexibility index (Phi) is 7.45. The Morgan fingerprint density at radius 3 is 2.31 bits per heavy atom. The SMILES string of the molecule is CCNC(=NCc1ccc(C(=O)N(C)C)cc1)NCC(C1CC1)N(C)C. The zero-order chi connectivity index (χ0) is 19.1. The van der Waals surface area contributed by atoms with Crippen LogP contribution >= 0.6 is 0 Å². The van der Waals surface area contributed by atoms with E-state index in [0.29, 0.717) is 18.2 Å². The first-order chi connectivity index (χ1) is 12.4. The van der Waals surface area contributed by atoms with Crippen molar-refractivity contribution in [3.05, 3.63) is 35.4 Å². The molecule has 26 heavy (non-hydrogen) atoms. The molecule has 0 bridgehead atoms. The second-order valence-electron chi connectivity index (χ2n) is 7.34. The van der Waals surface area contributed by atoms with Gasteiger partial charge in [0.2, 0.25) is 0 Å². The Morgan fingerprint density at radius 1 is 1.15 bits per heavy atom. The minimum atomic E-state index is 0.0184. The molecule has 1 aromatic rings. The van der Waals surface area contributed by atoms with Gasteiger partial charge in [0, 0.05) is 38.8 Å². The molecular formula is C20H33N5O. The molecular weight excluding hydrogens is 326 g/mol. The highest BCUT2D eigenvalue weighted by Gasteiger charge is 2.32. The van der Waals surface area contributed by atoms with Gasteiger partial charge < -0.3 is 20.4 Å². The highest BCUT2D eigenvalue weighted by atomic mass is 16.2. The molecule has 1 unspecified atom stereocenters. The normalized spacial score (nSPS) is 15.7. The molecule has 0 spiro atoms. The molecule has 1 amide bonds. The van der Waals surface area contributed by atoms with Crippen molar-refractivity contribution >= 4 is 11.9 Å². The monoisotopic (exact) mass is 359 g/mol. The molecule has 6 nitrogen and oxygen atoms in total. The lowest BCUT2D eigenvalue weighted by atomic mass is 10.1. The van der Waals surface area contributed by atoms with Gasteiger partial charge in [-0.1, -0.05) is 12.1 Å². The first kappa shape index (κ1) is 20.2. The Morgan fingerprint density at radius 2 is 1.81 bits per heavy atom. The van der Waals surface area contributed by atoms with Crippen LogP contribution < -0.4 is 10.6 Å². The minimum absolute atomic E-state index is 0.0184. The molecule has 2 N–H and O–H groups in total. The Bertz CT molecular complexity index is 603. The molecule has 1 aliphatic rings. The zero-order valence-corrected chi connectivity index (χ0v) is 16.7. The summed E-state index contributed by atoms with van der Waals surface area (Å²) in [4.78, 5) is 20.5. The summed E-state index contributed by atoms with van der Waals surface area (Å²) in [6.45, 7) is 4.39. The number of nitrogens with zero attached hydrogens (tertiary/aromatic N) is 3. The van der Waals surface area contributed by atoms with Crippen molar-refractivity contribution in [3.8, 4) is 0 Å². The molecule has 6 heteroatoms. The topological polar surface area (TPSA) is 60.0 Å². The molecule has 0 heterocycles. The Balaban J connectivity index is 1.94. The quantitative estimate of drug-likeness (QED) is 0.549. The zero-order valence-electron chi connectivity index (χ0n) is 16.7. The van der Waals surface area contributed by atoms with E-state index in [0.717, 1.165) is 30.5 Å². The van der Waals surface area contributed by atoms with Crippen molar-refractivity contribution in [2.45, 2.75) is 32.4 Å². The minimum Gasteiger partial charge on any atom is -0.357 e. The smallest absolute Gasteiger partial charge is 0.253 e. The van der Waals surface area contributed by atoms with Gasteiger partial charge in [0.25, 0.3) is 5.91 Å². The number of carbonyl (C=O) groups is 1. The largest absolute Gasteiger partial charge is 0.357 e. The number of guanidine groups is 1. The summed E-state index contributed by atoms with van der Waals surface area (Å²) in [5.41, 5.74) is 1.79. The number of nitrogens with one attached hydrogen (secondary N) is 2. The van der Waals surface area contributed by atoms with Crippen molar-refractivity contribution in [1.29, 1.82) is 0 Å². The summed E-state index contributed by atoms with van der Waals surface area (Å²) in [6.07, 6.45) is 2.66. The summed E-state index contributed by atoms with van der Waals surface area (Å²) in [5, 5.41) is 6.79. The molecule has 1 atom stereocenters. The first-order valence-corrected chi connectivity index (χ1v) is 9.41. The number of likely N-dealkylation sites (N-methyl/N-ethyl adjacent to an activating group) is 1. The van der Waals surface area contributed by atoms with Gasteiger partial charge in [-0.25, -0.2) is 4.99 Å². The van der Waals surface area contributed by atoms with Crippen molar-refractivity contribution in [3.63, 3.8) is 0 Å². The number of aliphatic imine (C=N–C) groups is 1. The van der Waals surface area contributed by atoms with Gasteiger partial charge in [-0.15, -0.1) is 0 Å². The van der Waals surface area contributed by atoms with Gasteiger partial charge in [0.1, 0.15) is 0 Å². The maximum Gasteiger partial charge on any atom is 0.253 e. The molecule has 0 aromatic heterocycles. The summed E-state index contributed by atoms with van der Waals surface area (Å²) in [5.74, 6) is 1.67. The van der Waals surface area contributed by atoms with Gasteiger partial charge in [-0.2, -0.15) is 0 Å². The van der Waals surface area contributed by atoms with Crippen LogP contribution in [-0.4, -0.2) is 69.0 Å². The molecule has 1 fully saturated rings. The fourth-order valence-corrected chi connectivity index (χ4v) is 2.98. The van der Waals surface area contributed by atoms with Crippen molar-refractivity contribution in [1.82, 2.24) is 20.4 Å². The number of hydrogen-bond acceptors (Lipinski definition) is 3. The fourth-order valence-electron chi connectivity index (χ4n) is 2.98. The van der Waals surface area contributed by atoms with Gasteiger partial charge in [0.05, 0.1) is 6.54 Å². The van der Waals surface area contributed by atoms with Gasteiger partial charge >= 0.3 is 0 Å². The van der Waals surface area contributed by atoms with E-state index in [1.807, 2.05) is 24.3 Å². The van der Waals surface area contributed by atoms with Crippen LogP contribution in [-0.2, 0) is 6.54 Å². The van der Waals surface area contributed by atoms with Crippen molar-refractivity contribution in [2.75, 3.05) is 41.3 Å². The lowest BCUT2D eigenvalue weighted by Gasteiger charge is -2.25. The number of carbonyl (C=O) groups excluding carboxylic acids is 1. The molecule has 1 aliphatic carbocycles. The standard InChI is InChI=1S/C20H33N5O/c1-6-21-20(23-14-18(24(2)3)16-11-12-16)22-13-15-7-9-17(10-8-15)19(26)25(4)5/h7-10,16,18H,6,11-14H2,1-5H3,(H2,21,22,23). The second kappa shape index (κ2) is 9.57. The van der Waals surface area contributed by atoms with Crippen LogP contribution in [0.5, 0.6) is 0 Å². The lowest BCUT2D eigenvalue weighted by molar-refractivity contribution is 0.0827. The predicted octanol–water partition coefficient (Wildman–Crippen LogP) is 1.78. The van der Waals surface area contributed by atoms with E-state index in [1.165, 1.54) is 12.8 Å². The van der Waals surface area contributed by atoms with Crippen LogP contribution in [0.15, 0.2) is 29.3 Å². The van der Waals surface area contributed by atoms with E-state index in [-0.39, 0.29) is 5.91 Å². The average Bonchev–Trinajstić information content (AvgIpc) is 3.44. The summed E-state index contributed by atoms with van der Waals surface area (Å²) >= 11 is 0. The van der Waals surface area contributed by atoms with Crippen LogP contribution in [0, 0.1) is 5.92 Å². The molecule has 0 saturated heterocycles. The first-order valence-electron chi connectivity index (χ1n) is 9.41. The van der Waals surface area contributed by atoms with Crippen LogP contribution in [0.3, 0.4) is 0 Å². The molecule has 0 aliphatic heterocycles. The number of rotatable bonds is 8.